The average molecular weight is 274 g/mol. The minimum atomic E-state index is -0.241. The first-order valence-corrected chi connectivity index (χ1v) is 5.81. The fraction of sp³-hybridized carbons (Fsp3) is 0.455. The van der Waals surface area contributed by atoms with Crippen molar-refractivity contribution < 1.29 is 9.13 Å². The number of hydrogen-bond acceptors (Lipinski definition) is 2. The van der Waals surface area contributed by atoms with Gasteiger partial charge < -0.3 is 10.1 Å². The Hall–Kier alpha value is -0.610. The first-order valence-electron chi connectivity index (χ1n) is 5.02. The van der Waals surface area contributed by atoms with E-state index >= 15 is 0 Å². The lowest BCUT2D eigenvalue weighted by Crippen LogP contribution is -2.28. The molecule has 0 spiro atoms. The summed E-state index contributed by atoms with van der Waals surface area (Å²) >= 11 is 3.15. The molecule has 15 heavy (non-hydrogen) atoms. The van der Waals surface area contributed by atoms with E-state index in [0.29, 0.717) is 4.47 Å². The number of fused-ring (bicyclic) bond motifs is 1. The Morgan fingerprint density at radius 1 is 1.53 bits per heavy atom. The first kappa shape index (κ1) is 10.9. The van der Waals surface area contributed by atoms with E-state index in [9.17, 15) is 4.39 Å². The van der Waals surface area contributed by atoms with Crippen molar-refractivity contribution in [1.82, 2.24) is 5.32 Å². The normalized spacial score (nSPS) is 23.7. The van der Waals surface area contributed by atoms with Crippen molar-refractivity contribution in [3.8, 4) is 5.75 Å². The Labute approximate surface area is 96.9 Å². The predicted octanol–water partition coefficient (Wildman–Crippen LogP) is 3.02. The Balaban J connectivity index is 2.40. The minimum Gasteiger partial charge on any atom is -0.488 e. The van der Waals surface area contributed by atoms with Crippen molar-refractivity contribution in [2.75, 3.05) is 6.54 Å². The van der Waals surface area contributed by atoms with Crippen molar-refractivity contribution >= 4 is 15.9 Å². The molecule has 2 unspecified atom stereocenters. The molecule has 0 aliphatic carbocycles. The third-order valence-electron chi connectivity index (χ3n) is 2.59. The van der Waals surface area contributed by atoms with E-state index in [1.807, 2.05) is 13.8 Å². The number of nitrogens with one attached hydrogen (secondary N) is 1. The Bertz CT molecular complexity index is 383. The van der Waals surface area contributed by atoms with Crippen molar-refractivity contribution in [2.24, 2.45) is 0 Å². The molecule has 1 N–H and O–H groups in total. The summed E-state index contributed by atoms with van der Waals surface area (Å²) in [7, 11) is 0. The second-order valence-corrected chi connectivity index (χ2v) is 4.52. The fourth-order valence-electron chi connectivity index (χ4n) is 1.91. The van der Waals surface area contributed by atoms with Gasteiger partial charge in [0.2, 0.25) is 0 Å². The maximum absolute atomic E-state index is 13.4. The van der Waals surface area contributed by atoms with Crippen LogP contribution in [0.3, 0.4) is 0 Å². The van der Waals surface area contributed by atoms with Gasteiger partial charge in [0.05, 0.1) is 10.5 Å². The highest BCUT2D eigenvalue weighted by Crippen LogP contribution is 2.39. The molecule has 2 atom stereocenters. The van der Waals surface area contributed by atoms with Gasteiger partial charge in [0.1, 0.15) is 17.7 Å². The molecular weight excluding hydrogens is 261 g/mol. The molecule has 1 aromatic rings. The molecule has 4 heteroatoms. The van der Waals surface area contributed by atoms with E-state index in [0.717, 1.165) is 17.9 Å². The summed E-state index contributed by atoms with van der Waals surface area (Å²) < 4.78 is 19.5. The van der Waals surface area contributed by atoms with Gasteiger partial charge in [-0.3, -0.25) is 0 Å². The summed E-state index contributed by atoms with van der Waals surface area (Å²) in [6.07, 6.45) is 0.0497. The predicted molar refractivity (Wildman–Crippen MR) is 60.6 cm³/mol. The number of halogens is 2. The average Bonchev–Trinajstić information content (AvgIpc) is 2.46. The standard InChI is InChI=1S/C11H13BrFNO/c1-3-14-11-6(2)15-10-5-8(12)9(13)4-7(10)11/h4-6,11,14H,3H2,1-2H3. The SMILES string of the molecule is CCNC1c2cc(F)c(Br)cc2OC1C. The Kier molecular flexibility index (Phi) is 2.98. The van der Waals surface area contributed by atoms with Gasteiger partial charge in [-0.1, -0.05) is 6.92 Å². The summed E-state index contributed by atoms with van der Waals surface area (Å²) in [6.45, 7) is 4.86. The Morgan fingerprint density at radius 3 is 2.93 bits per heavy atom. The van der Waals surface area contributed by atoms with E-state index in [1.54, 1.807) is 6.07 Å². The molecular formula is C11H13BrFNO. The van der Waals surface area contributed by atoms with Crippen molar-refractivity contribution in [3.63, 3.8) is 0 Å². The van der Waals surface area contributed by atoms with Crippen molar-refractivity contribution in [2.45, 2.75) is 26.0 Å². The van der Waals surface area contributed by atoms with Gasteiger partial charge in [0.25, 0.3) is 0 Å². The van der Waals surface area contributed by atoms with Gasteiger partial charge in [-0.05, 0) is 41.5 Å². The number of likely N-dealkylation sites (N-methyl/N-ethyl adjacent to an activating group) is 1. The van der Waals surface area contributed by atoms with E-state index in [4.69, 9.17) is 4.74 Å². The molecule has 0 saturated heterocycles. The summed E-state index contributed by atoms with van der Waals surface area (Å²) in [5.41, 5.74) is 0.907. The lowest BCUT2D eigenvalue weighted by Gasteiger charge is -2.15. The molecule has 0 radical (unpaired) electrons. The molecule has 0 saturated carbocycles. The minimum absolute atomic E-state index is 0.0497. The molecule has 2 rings (SSSR count). The number of ether oxygens (including phenoxy) is 1. The van der Waals surface area contributed by atoms with Crippen LogP contribution in [0.15, 0.2) is 16.6 Å². The number of hydrogen-bond donors (Lipinski definition) is 1. The van der Waals surface area contributed by atoms with Gasteiger partial charge in [-0.25, -0.2) is 4.39 Å². The smallest absolute Gasteiger partial charge is 0.137 e. The van der Waals surface area contributed by atoms with Crippen LogP contribution in [0.2, 0.25) is 0 Å². The molecule has 0 bridgehead atoms. The highest BCUT2D eigenvalue weighted by Gasteiger charge is 2.31. The quantitative estimate of drug-likeness (QED) is 0.895. The topological polar surface area (TPSA) is 21.3 Å². The molecule has 1 aliphatic rings. The zero-order valence-electron chi connectivity index (χ0n) is 8.68. The van der Waals surface area contributed by atoms with E-state index in [2.05, 4.69) is 21.2 Å². The maximum atomic E-state index is 13.4. The van der Waals surface area contributed by atoms with Crippen LogP contribution in [0.1, 0.15) is 25.5 Å². The summed E-state index contributed by atoms with van der Waals surface area (Å²) in [6, 6.07) is 3.32. The highest BCUT2D eigenvalue weighted by atomic mass is 79.9. The second-order valence-electron chi connectivity index (χ2n) is 3.66. The molecule has 0 amide bonds. The molecule has 1 aromatic carbocycles. The summed E-state index contributed by atoms with van der Waals surface area (Å²) in [4.78, 5) is 0. The van der Waals surface area contributed by atoms with Gasteiger partial charge >= 0.3 is 0 Å². The van der Waals surface area contributed by atoms with E-state index in [-0.39, 0.29) is 18.0 Å². The molecule has 1 heterocycles. The largest absolute Gasteiger partial charge is 0.488 e. The van der Waals surface area contributed by atoms with E-state index in [1.165, 1.54) is 6.07 Å². The van der Waals surface area contributed by atoms with Crippen molar-refractivity contribution in [1.29, 1.82) is 0 Å². The lowest BCUT2D eigenvalue weighted by atomic mass is 10.0. The summed E-state index contributed by atoms with van der Waals surface area (Å²) in [5.74, 6) is 0.524. The molecule has 0 aromatic heterocycles. The van der Waals surface area contributed by atoms with Crippen LogP contribution in [0.25, 0.3) is 0 Å². The van der Waals surface area contributed by atoms with Gasteiger partial charge in [0, 0.05) is 5.56 Å². The van der Waals surface area contributed by atoms with Gasteiger partial charge in [0.15, 0.2) is 0 Å². The number of rotatable bonds is 2. The van der Waals surface area contributed by atoms with Crippen LogP contribution < -0.4 is 10.1 Å². The maximum Gasteiger partial charge on any atom is 0.137 e. The molecule has 1 aliphatic heterocycles. The monoisotopic (exact) mass is 273 g/mol. The highest BCUT2D eigenvalue weighted by molar-refractivity contribution is 9.10. The lowest BCUT2D eigenvalue weighted by molar-refractivity contribution is 0.211. The summed E-state index contributed by atoms with van der Waals surface area (Å²) in [5, 5.41) is 3.29. The van der Waals surface area contributed by atoms with Crippen LogP contribution in [0, 0.1) is 5.82 Å². The molecule has 82 valence electrons. The molecule has 2 nitrogen and oxygen atoms in total. The van der Waals surface area contributed by atoms with Gasteiger partial charge in [-0.2, -0.15) is 0 Å². The van der Waals surface area contributed by atoms with Crippen LogP contribution in [-0.4, -0.2) is 12.6 Å². The zero-order valence-corrected chi connectivity index (χ0v) is 10.3. The zero-order chi connectivity index (χ0) is 11.0. The fourth-order valence-corrected chi connectivity index (χ4v) is 2.23. The third-order valence-corrected chi connectivity index (χ3v) is 3.20. The van der Waals surface area contributed by atoms with Crippen LogP contribution in [0.4, 0.5) is 4.39 Å². The van der Waals surface area contributed by atoms with Crippen LogP contribution in [-0.2, 0) is 0 Å². The third kappa shape index (κ3) is 1.88. The van der Waals surface area contributed by atoms with Gasteiger partial charge in [-0.15, -0.1) is 0 Å². The second kappa shape index (κ2) is 4.10. The number of benzene rings is 1. The Morgan fingerprint density at radius 2 is 2.27 bits per heavy atom. The van der Waals surface area contributed by atoms with Crippen LogP contribution in [0.5, 0.6) is 5.75 Å². The molecule has 0 fully saturated rings. The van der Waals surface area contributed by atoms with Crippen molar-refractivity contribution in [3.05, 3.63) is 28.0 Å². The first-order chi connectivity index (χ1) is 7.13. The van der Waals surface area contributed by atoms with Crippen LogP contribution >= 0.6 is 15.9 Å². The van der Waals surface area contributed by atoms with E-state index < -0.39 is 0 Å².